The summed E-state index contributed by atoms with van der Waals surface area (Å²) in [5.74, 6) is 2.42. The lowest BCUT2D eigenvalue weighted by Gasteiger charge is -2.12. The first-order valence-electron chi connectivity index (χ1n) is 4.83. The molecule has 2 N–H and O–H groups in total. The zero-order valence-electron chi connectivity index (χ0n) is 8.29. The monoisotopic (exact) mass is 216 g/mol. The molecular formula is C9H16N2O2S. The third-order valence-corrected chi connectivity index (χ3v) is 3.21. The minimum absolute atomic E-state index is 0.118. The normalized spacial score (nSPS) is 18.9. The molecule has 1 unspecified atom stereocenters. The van der Waals surface area contributed by atoms with E-state index in [2.05, 4.69) is 15.4 Å². The van der Waals surface area contributed by atoms with Gasteiger partial charge in [-0.25, -0.2) is 0 Å². The van der Waals surface area contributed by atoms with Crippen molar-refractivity contribution in [2.75, 3.05) is 0 Å². The lowest BCUT2D eigenvalue weighted by molar-refractivity contribution is 0.550. The zero-order chi connectivity index (χ0) is 10.6. The number of hydrogen-bond donors (Lipinski definition) is 2. The van der Waals surface area contributed by atoms with Crippen molar-refractivity contribution in [3.05, 3.63) is 0 Å². The fraction of sp³-hybridized carbons (Fsp3) is 0.778. The molecule has 0 saturated heterocycles. The van der Waals surface area contributed by atoms with Gasteiger partial charge in [-0.3, -0.25) is 0 Å². The van der Waals surface area contributed by atoms with Gasteiger partial charge < -0.3 is 0 Å². The highest BCUT2D eigenvalue weighted by Gasteiger charge is 2.27. The van der Waals surface area contributed by atoms with Crippen molar-refractivity contribution >= 4 is 10.2 Å². The maximum Gasteiger partial charge on any atom is 0.278 e. The summed E-state index contributed by atoms with van der Waals surface area (Å²) in [5.41, 5.74) is 0. The first kappa shape index (κ1) is 11.5. The van der Waals surface area contributed by atoms with E-state index in [0.717, 1.165) is 19.3 Å². The van der Waals surface area contributed by atoms with Gasteiger partial charge in [0.15, 0.2) is 0 Å². The molecule has 0 bridgehead atoms. The third kappa shape index (κ3) is 4.09. The molecule has 1 atom stereocenters. The highest BCUT2D eigenvalue weighted by molar-refractivity contribution is 7.87. The molecule has 0 radical (unpaired) electrons. The van der Waals surface area contributed by atoms with Crippen molar-refractivity contribution in [2.24, 2.45) is 0 Å². The van der Waals surface area contributed by atoms with Crippen LogP contribution in [0.3, 0.4) is 0 Å². The summed E-state index contributed by atoms with van der Waals surface area (Å²) in [7, 11) is -3.39. The van der Waals surface area contributed by atoms with Crippen LogP contribution in [0.2, 0.25) is 0 Å². The number of nitrogens with one attached hydrogen (secondary N) is 2. The standard InChI is InChI=1S/C9H16N2O2S/c1-3-5-8(4-2)10-14(12,13)11-9-6-7-9/h2,8-11H,3,5-7H2,1H3. The Labute approximate surface area is 85.6 Å². The van der Waals surface area contributed by atoms with Crippen molar-refractivity contribution in [2.45, 2.75) is 44.7 Å². The van der Waals surface area contributed by atoms with Crippen LogP contribution in [-0.4, -0.2) is 20.5 Å². The van der Waals surface area contributed by atoms with Gasteiger partial charge in [0.25, 0.3) is 10.2 Å². The number of hydrogen-bond acceptors (Lipinski definition) is 2. The molecule has 0 heterocycles. The lowest BCUT2D eigenvalue weighted by atomic mass is 10.2. The molecule has 1 aliphatic rings. The first-order valence-corrected chi connectivity index (χ1v) is 6.31. The van der Waals surface area contributed by atoms with Crippen LogP contribution in [0.1, 0.15) is 32.6 Å². The van der Waals surface area contributed by atoms with Crippen LogP contribution < -0.4 is 9.44 Å². The van der Waals surface area contributed by atoms with Crippen LogP contribution >= 0.6 is 0 Å². The number of rotatable bonds is 6. The van der Waals surface area contributed by atoms with Gasteiger partial charge in [0.2, 0.25) is 0 Å². The third-order valence-electron chi connectivity index (χ3n) is 1.98. The van der Waals surface area contributed by atoms with E-state index >= 15 is 0 Å². The Morgan fingerprint density at radius 2 is 2.21 bits per heavy atom. The van der Waals surface area contributed by atoms with Crippen LogP contribution in [0.15, 0.2) is 0 Å². The molecule has 0 aromatic rings. The van der Waals surface area contributed by atoms with E-state index in [0.29, 0.717) is 6.42 Å². The van der Waals surface area contributed by atoms with E-state index in [1.54, 1.807) is 0 Å². The minimum atomic E-state index is -3.39. The van der Waals surface area contributed by atoms with Gasteiger partial charge in [-0.05, 0) is 19.3 Å². The molecule has 1 aliphatic carbocycles. The van der Waals surface area contributed by atoms with E-state index in [1.807, 2.05) is 6.92 Å². The molecule has 1 saturated carbocycles. The van der Waals surface area contributed by atoms with Gasteiger partial charge in [0.1, 0.15) is 0 Å². The van der Waals surface area contributed by atoms with E-state index in [9.17, 15) is 8.42 Å². The van der Waals surface area contributed by atoms with Crippen molar-refractivity contribution in [3.8, 4) is 12.3 Å². The molecule has 14 heavy (non-hydrogen) atoms. The Hall–Kier alpha value is -0.570. The topological polar surface area (TPSA) is 58.2 Å². The van der Waals surface area contributed by atoms with Crippen molar-refractivity contribution in [1.29, 1.82) is 0 Å². The van der Waals surface area contributed by atoms with Crippen molar-refractivity contribution in [1.82, 2.24) is 9.44 Å². The van der Waals surface area contributed by atoms with Gasteiger partial charge in [0, 0.05) is 6.04 Å². The first-order chi connectivity index (χ1) is 6.57. The van der Waals surface area contributed by atoms with E-state index in [1.165, 1.54) is 0 Å². The van der Waals surface area contributed by atoms with Gasteiger partial charge >= 0.3 is 0 Å². The molecule has 5 heteroatoms. The average Bonchev–Trinajstić information content (AvgIpc) is 2.86. The summed E-state index contributed by atoms with van der Waals surface area (Å²) in [5, 5.41) is 0. The van der Waals surface area contributed by atoms with Crippen molar-refractivity contribution < 1.29 is 8.42 Å². The van der Waals surface area contributed by atoms with Crippen LogP contribution in [0.5, 0.6) is 0 Å². The van der Waals surface area contributed by atoms with Gasteiger partial charge in [0.05, 0.1) is 6.04 Å². The predicted octanol–water partition coefficient (Wildman–Crippen LogP) is 0.375. The summed E-state index contributed by atoms with van der Waals surface area (Å²) < 4.78 is 27.8. The quantitative estimate of drug-likeness (QED) is 0.630. The predicted molar refractivity (Wildman–Crippen MR) is 55.7 cm³/mol. The van der Waals surface area contributed by atoms with Gasteiger partial charge in [-0.1, -0.05) is 19.3 Å². The molecule has 80 valence electrons. The van der Waals surface area contributed by atoms with Gasteiger partial charge in [-0.2, -0.15) is 17.9 Å². The second kappa shape index (κ2) is 4.78. The summed E-state index contributed by atoms with van der Waals surface area (Å²) in [6, 6.07) is -0.274. The van der Waals surface area contributed by atoms with Crippen LogP contribution in [0.25, 0.3) is 0 Å². The Morgan fingerprint density at radius 1 is 1.57 bits per heavy atom. The zero-order valence-corrected chi connectivity index (χ0v) is 9.10. The Balaban J connectivity index is 2.43. The van der Waals surface area contributed by atoms with E-state index < -0.39 is 16.3 Å². The second-order valence-electron chi connectivity index (χ2n) is 3.52. The summed E-state index contributed by atoms with van der Waals surface area (Å²) in [4.78, 5) is 0. The summed E-state index contributed by atoms with van der Waals surface area (Å²) in [6.07, 6.45) is 8.59. The molecule has 0 aromatic heterocycles. The molecule has 0 aromatic carbocycles. The molecule has 1 fully saturated rings. The Kier molecular flexibility index (Phi) is 3.93. The maximum atomic E-state index is 11.4. The molecule has 0 aliphatic heterocycles. The Bertz CT molecular complexity index is 314. The summed E-state index contributed by atoms with van der Waals surface area (Å²) >= 11 is 0. The van der Waals surface area contributed by atoms with Gasteiger partial charge in [-0.15, -0.1) is 6.42 Å². The fourth-order valence-corrected chi connectivity index (χ4v) is 2.41. The highest BCUT2D eigenvalue weighted by Crippen LogP contribution is 2.19. The fourth-order valence-electron chi connectivity index (χ4n) is 1.11. The highest BCUT2D eigenvalue weighted by atomic mass is 32.2. The molecule has 0 spiro atoms. The average molecular weight is 216 g/mol. The second-order valence-corrected chi connectivity index (χ2v) is 5.00. The largest absolute Gasteiger partial charge is 0.278 e. The van der Waals surface area contributed by atoms with E-state index in [4.69, 9.17) is 6.42 Å². The Morgan fingerprint density at radius 3 is 2.64 bits per heavy atom. The summed E-state index contributed by atoms with van der Waals surface area (Å²) in [6.45, 7) is 1.97. The smallest absolute Gasteiger partial charge is 0.199 e. The molecular weight excluding hydrogens is 200 g/mol. The molecule has 0 amide bonds. The lowest BCUT2D eigenvalue weighted by Crippen LogP contribution is -2.42. The van der Waals surface area contributed by atoms with Crippen molar-refractivity contribution in [3.63, 3.8) is 0 Å². The van der Waals surface area contributed by atoms with Crippen LogP contribution in [0, 0.1) is 12.3 Å². The van der Waals surface area contributed by atoms with Crippen LogP contribution in [-0.2, 0) is 10.2 Å². The SMILES string of the molecule is C#CC(CCC)NS(=O)(=O)NC1CC1. The van der Waals surface area contributed by atoms with Crippen LogP contribution in [0.4, 0.5) is 0 Å². The van der Waals surface area contributed by atoms with E-state index in [-0.39, 0.29) is 6.04 Å². The molecule has 4 nitrogen and oxygen atoms in total. The maximum absolute atomic E-state index is 11.4. The number of terminal acetylenes is 1. The molecule has 1 rings (SSSR count). The minimum Gasteiger partial charge on any atom is -0.199 e.